The van der Waals surface area contributed by atoms with Crippen molar-refractivity contribution >= 4 is 41.6 Å². The highest BCUT2D eigenvalue weighted by molar-refractivity contribution is 6.34. The van der Waals surface area contributed by atoms with E-state index in [-0.39, 0.29) is 30.2 Å². The SMILES string of the molecule is COC(=O)C1CCN(C(=O)c2ccc(N)cc2Cl)CC1.Cl. The molecule has 7 heteroatoms. The van der Waals surface area contributed by atoms with Gasteiger partial charge in [0, 0.05) is 18.8 Å². The second-order valence-electron chi connectivity index (χ2n) is 4.83. The molecule has 21 heavy (non-hydrogen) atoms. The number of nitrogens with two attached hydrogens (primary N) is 1. The predicted octanol–water partition coefficient (Wildman–Crippen LogP) is 2.37. The maximum atomic E-state index is 12.4. The standard InChI is InChI=1S/C14H17ClN2O3.ClH/c1-20-14(19)9-4-6-17(7-5-9)13(18)11-3-2-10(16)8-12(11)15;/h2-3,8-9H,4-7,16H2,1H3;1H. The van der Waals surface area contributed by atoms with E-state index < -0.39 is 0 Å². The lowest BCUT2D eigenvalue weighted by Crippen LogP contribution is -2.40. The minimum absolute atomic E-state index is 0. The van der Waals surface area contributed by atoms with Gasteiger partial charge in [-0.25, -0.2) is 0 Å². The molecule has 1 amide bonds. The van der Waals surface area contributed by atoms with Gasteiger partial charge in [-0.3, -0.25) is 9.59 Å². The van der Waals surface area contributed by atoms with E-state index in [0.29, 0.717) is 42.2 Å². The van der Waals surface area contributed by atoms with E-state index >= 15 is 0 Å². The number of hydrogen-bond donors (Lipinski definition) is 1. The highest BCUT2D eigenvalue weighted by Gasteiger charge is 2.28. The third-order valence-corrected chi connectivity index (χ3v) is 3.85. The maximum Gasteiger partial charge on any atom is 0.308 e. The second-order valence-corrected chi connectivity index (χ2v) is 5.24. The van der Waals surface area contributed by atoms with Crippen LogP contribution in [0.25, 0.3) is 0 Å². The summed E-state index contributed by atoms with van der Waals surface area (Å²) in [5, 5.41) is 0.352. The van der Waals surface area contributed by atoms with Crippen molar-refractivity contribution in [3.63, 3.8) is 0 Å². The van der Waals surface area contributed by atoms with Crippen LogP contribution < -0.4 is 5.73 Å². The summed E-state index contributed by atoms with van der Waals surface area (Å²) in [6.45, 7) is 1.05. The lowest BCUT2D eigenvalue weighted by molar-refractivity contribution is -0.146. The van der Waals surface area contributed by atoms with E-state index in [2.05, 4.69) is 0 Å². The molecule has 0 radical (unpaired) electrons. The number of nitrogens with zero attached hydrogens (tertiary/aromatic N) is 1. The van der Waals surface area contributed by atoms with E-state index in [1.54, 1.807) is 23.1 Å². The van der Waals surface area contributed by atoms with Crippen molar-refractivity contribution in [1.82, 2.24) is 4.90 Å². The summed E-state index contributed by atoms with van der Waals surface area (Å²) in [6.07, 6.45) is 1.23. The minimum atomic E-state index is -0.206. The van der Waals surface area contributed by atoms with E-state index in [1.807, 2.05) is 0 Å². The van der Waals surface area contributed by atoms with Gasteiger partial charge in [-0.1, -0.05) is 11.6 Å². The van der Waals surface area contributed by atoms with Crippen molar-refractivity contribution in [3.8, 4) is 0 Å². The Kier molecular flexibility index (Phi) is 6.30. The number of anilines is 1. The molecule has 0 aromatic heterocycles. The number of rotatable bonds is 2. The molecule has 1 heterocycles. The van der Waals surface area contributed by atoms with Gasteiger partial charge in [0.15, 0.2) is 0 Å². The molecular weight excluding hydrogens is 315 g/mol. The Hall–Kier alpha value is -1.46. The third kappa shape index (κ3) is 4.02. The first-order valence-corrected chi connectivity index (χ1v) is 6.83. The largest absolute Gasteiger partial charge is 0.469 e. The Labute approximate surface area is 134 Å². The zero-order valence-electron chi connectivity index (χ0n) is 11.7. The van der Waals surface area contributed by atoms with Crippen LogP contribution >= 0.6 is 24.0 Å². The summed E-state index contributed by atoms with van der Waals surface area (Å²) < 4.78 is 4.72. The number of ether oxygens (including phenoxy) is 1. The van der Waals surface area contributed by atoms with Crippen LogP contribution in [0.1, 0.15) is 23.2 Å². The summed E-state index contributed by atoms with van der Waals surface area (Å²) in [4.78, 5) is 25.5. The monoisotopic (exact) mass is 332 g/mol. The van der Waals surface area contributed by atoms with Crippen LogP contribution in [0, 0.1) is 5.92 Å². The van der Waals surface area contributed by atoms with Crippen LogP contribution in [0.15, 0.2) is 18.2 Å². The topological polar surface area (TPSA) is 72.6 Å². The van der Waals surface area contributed by atoms with E-state index in [9.17, 15) is 9.59 Å². The second kappa shape index (κ2) is 7.52. The van der Waals surface area contributed by atoms with Gasteiger partial charge in [0.05, 0.1) is 23.6 Å². The van der Waals surface area contributed by atoms with Crippen LogP contribution in [-0.2, 0) is 9.53 Å². The molecule has 1 aromatic carbocycles. The zero-order valence-corrected chi connectivity index (χ0v) is 13.2. The van der Waals surface area contributed by atoms with E-state index in [1.165, 1.54) is 7.11 Å². The Morgan fingerprint density at radius 3 is 2.48 bits per heavy atom. The van der Waals surface area contributed by atoms with Gasteiger partial charge in [0.25, 0.3) is 5.91 Å². The molecule has 2 rings (SSSR count). The highest BCUT2D eigenvalue weighted by Crippen LogP contribution is 2.24. The first-order chi connectivity index (χ1) is 9.52. The average Bonchev–Trinajstić information content (AvgIpc) is 2.46. The van der Waals surface area contributed by atoms with Gasteiger partial charge in [0.1, 0.15) is 0 Å². The fourth-order valence-electron chi connectivity index (χ4n) is 2.36. The Morgan fingerprint density at radius 2 is 1.95 bits per heavy atom. The van der Waals surface area contributed by atoms with Crippen molar-refractivity contribution in [3.05, 3.63) is 28.8 Å². The molecule has 1 aliphatic rings. The van der Waals surface area contributed by atoms with Crippen molar-refractivity contribution < 1.29 is 14.3 Å². The predicted molar refractivity (Wildman–Crippen MR) is 83.8 cm³/mol. The number of carbonyl (C=O) groups is 2. The summed E-state index contributed by atoms with van der Waals surface area (Å²) in [6, 6.07) is 4.85. The zero-order chi connectivity index (χ0) is 14.7. The summed E-state index contributed by atoms with van der Waals surface area (Å²) in [5.41, 5.74) is 6.58. The first-order valence-electron chi connectivity index (χ1n) is 6.45. The van der Waals surface area contributed by atoms with Gasteiger partial charge in [-0.2, -0.15) is 0 Å². The molecule has 1 saturated heterocycles. The molecule has 5 nitrogen and oxygen atoms in total. The number of amides is 1. The van der Waals surface area contributed by atoms with Crippen molar-refractivity contribution in [2.45, 2.75) is 12.8 Å². The molecule has 1 aliphatic heterocycles. The molecule has 0 spiro atoms. The summed E-state index contributed by atoms with van der Waals surface area (Å²) in [7, 11) is 1.38. The highest BCUT2D eigenvalue weighted by atomic mass is 35.5. The molecule has 0 unspecified atom stereocenters. The quantitative estimate of drug-likeness (QED) is 0.666. The molecular formula is C14H18Cl2N2O3. The van der Waals surface area contributed by atoms with E-state index in [0.717, 1.165) is 0 Å². The molecule has 116 valence electrons. The first kappa shape index (κ1) is 17.6. The Balaban J connectivity index is 0.00000220. The van der Waals surface area contributed by atoms with Crippen molar-refractivity contribution in [2.75, 3.05) is 25.9 Å². The number of nitrogen functional groups attached to an aromatic ring is 1. The van der Waals surface area contributed by atoms with Gasteiger partial charge < -0.3 is 15.4 Å². The number of halogens is 2. The van der Waals surface area contributed by atoms with Gasteiger partial charge in [-0.15, -0.1) is 12.4 Å². The lowest BCUT2D eigenvalue weighted by atomic mass is 9.96. The van der Waals surface area contributed by atoms with Gasteiger partial charge in [-0.05, 0) is 31.0 Å². The molecule has 0 atom stereocenters. The molecule has 1 fully saturated rings. The van der Waals surface area contributed by atoms with Crippen LogP contribution in [0.4, 0.5) is 5.69 Å². The number of carbonyl (C=O) groups excluding carboxylic acids is 2. The fraction of sp³-hybridized carbons (Fsp3) is 0.429. The number of hydrogen-bond acceptors (Lipinski definition) is 4. The summed E-state index contributed by atoms with van der Waals surface area (Å²) in [5.74, 6) is -0.452. The number of benzene rings is 1. The van der Waals surface area contributed by atoms with Crippen LogP contribution in [-0.4, -0.2) is 37.0 Å². The number of methoxy groups -OCH3 is 1. The van der Waals surface area contributed by atoms with Crippen molar-refractivity contribution in [1.29, 1.82) is 0 Å². The minimum Gasteiger partial charge on any atom is -0.469 e. The molecule has 2 N–H and O–H groups in total. The number of piperidine rings is 1. The molecule has 1 aromatic rings. The molecule has 0 bridgehead atoms. The lowest BCUT2D eigenvalue weighted by Gasteiger charge is -2.31. The van der Waals surface area contributed by atoms with Crippen molar-refractivity contribution in [2.24, 2.45) is 5.92 Å². The number of esters is 1. The van der Waals surface area contributed by atoms with Crippen LogP contribution in [0.2, 0.25) is 5.02 Å². The third-order valence-electron chi connectivity index (χ3n) is 3.54. The molecule has 0 aliphatic carbocycles. The van der Waals surface area contributed by atoms with Crippen LogP contribution in [0.3, 0.4) is 0 Å². The van der Waals surface area contributed by atoms with Crippen LogP contribution in [0.5, 0.6) is 0 Å². The normalized spacial score (nSPS) is 15.2. The number of likely N-dealkylation sites (tertiary alicyclic amines) is 1. The summed E-state index contributed by atoms with van der Waals surface area (Å²) >= 11 is 6.04. The van der Waals surface area contributed by atoms with Gasteiger partial charge in [0.2, 0.25) is 0 Å². The maximum absolute atomic E-state index is 12.4. The molecule has 0 saturated carbocycles. The Bertz CT molecular complexity index is 529. The Morgan fingerprint density at radius 1 is 1.33 bits per heavy atom. The van der Waals surface area contributed by atoms with Gasteiger partial charge >= 0.3 is 5.97 Å². The average molecular weight is 333 g/mol. The fourth-order valence-corrected chi connectivity index (χ4v) is 2.63. The van der Waals surface area contributed by atoms with E-state index in [4.69, 9.17) is 22.1 Å². The smallest absolute Gasteiger partial charge is 0.308 e.